The molecule has 0 amide bonds. The van der Waals surface area contributed by atoms with Gasteiger partial charge in [0.2, 0.25) is 0 Å². The molecule has 11 nitrogen and oxygen atoms in total. The Labute approximate surface area is 175 Å². The second-order valence-corrected chi connectivity index (χ2v) is 8.02. The molecule has 0 aliphatic heterocycles. The molecule has 0 spiro atoms. The molecule has 0 saturated heterocycles. The Morgan fingerprint density at radius 1 is 1.06 bits per heavy atom. The number of carboxylic acid groups (broad SMARTS) is 1. The van der Waals surface area contributed by atoms with Crippen molar-refractivity contribution >= 4 is 21.8 Å². The third-order valence-corrected chi connectivity index (χ3v) is 5.66. The molecule has 1 heterocycles. The monoisotopic (exact) mass is 448 g/mol. The van der Waals surface area contributed by atoms with E-state index in [-0.39, 0.29) is 35.0 Å². The SMILES string of the molecule is O=C(O)CCC(=O)OCc1ccc(Oc2no[n+]([O-])c2S(=O)(=O)c2ccccc2)cc1. The summed E-state index contributed by atoms with van der Waals surface area (Å²) in [5, 5.41) is 23.0. The summed E-state index contributed by atoms with van der Waals surface area (Å²) in [5.41, 5.74) is 0.576. The van der Waals surface area contributed by atoms with Gasteiger partial charge in [-0.2, -0.15) is 0 Å². The maximum atomic E-state index is 12.7. The Bertz CT molecular complexity index is 1170. The van der Waals surface area contributed by atoms with Crippen molar-refractivity contribution < 1.29 is 42.1 Å². The first-order chi connectivity index (χ1) is 14.8. The molecule has 0 aliphatic carbocycles. The molecule has 162 valence electrons. The van der Waals surface area contributed by atoms with E-state index in [1.807, 2.05) is 0 Å². The van der Waals surface area contributed by atoms with Crippen molar-refractivity contribution in [3.8, 4) is 11.6 Å². The van der Waals surface area contributed by atoms with Crippen LogP contribution in [0.15, 0.2) is 69.1 Å². The van der Waals surface area contributed by atoms with E-state index >= 15 is 0 Å². The Morgan fingerprint density at radius 2 is 1.74 bits per heavy atom. The number of aliphatic carboxylic acids is 1. The van der Waals surface area contributed by atoms with Crippen molar-refractivity contribution in [1.29, 1.82) is 0 Å². The lowest BCUT2D eigenvalue weighted by Crippen LogP contribution is -2.30. The second-order valence-electron chi connectivity index (χ2n) is 6.16. The van der Waals surface area contributed by atoms with Crippen molar-refractivity contribution in [3.63, 3.8) is 0 Å². The van der Waals surface area contributed by atoms with Gasteiger partial charge in [0, 0.05) is 0 Å². The Balaban J connectivity index is 1.70. The Morgan fingerprint density at radius 3 is 2.39 bits per heavy atom. The number of nitrogens with zero attached hydrogens (tertiary/aromatic N) is 2. The van der Waals surface area contributed by atoms with Gasteiger partial charge >= 0.3 is 22.8 Å². The number of ether oxygens (including phenoxy) is 2. The summed E-state index contributed by atoms with van der Waals surface area (Å²) in [6.45, 7) is -0.0864. The van der Waals surface area contributed by atoms with E-state index in [2.05, 4.69) is 9.79 Å². The van der Waals surface area contributed by atoms with Crippen molar-refractivity contribution in [2.24, 2.45) is 0 Å². The summed E-state index contributed by atoms with van der Waals surface area (Å²) in [6, 6.07) is 13.2. The average Bonchev–Trinajstić information content (AvgIpc) is 3.13. The normalized spacial score (nSPS) is 11.1. The summed E-state index contributed by atoms with van der Waals surface area (Å²) in [5.74, 6) is -2.13. The lowest BCUT2D eigenvalue weighted by molar-refractivity contribution is -0.832. The first-order valence-corrected chi connectivity index (χ1v) is 10.3. The minimum Gasteiger partial charge on any atom is -0.481 e. The van der Waals surface area contributed by atoms with Gasteiger partial charge in [-0.1, -0.05) is 30.3 Å². The highest BCUT2D eigenvalue weighted by atomic mass is 32.2. The van der Waals surface area contributed by atoms with E-state index in [0.717, 1.165) is 0 Å². The van der Waals surface area contributed by atoms with Crippen LogP contribution < -0.4 is 9.64 Å². The lowest BCUT2D eigenvalue weighted by Gasteiger charge is -2.06. The van der Waals surface area contributed by atoms with Gasteiger partial charge < -0.3 is 19.8 Å². The van der Waals surface area contributed by atoms with E-state index in [4.69, 9.17) is 14.6 Å². The van der Waals surface area contributed by atoms with Gasteiger partial charge in [-0.25, -0.2) is 8.42 Å². The average molecular weight is 448 g/mol. The van der Waals surface area contributed by atoms with Gasteiger partial charge in [0.05, 0.1) is 22.9 Å². The van der Waals surface area contributed by atoms with Crippen LogP contribution in [0.5, 0.6) is 11.6 Å². The maximum absolute atomic E-state index is 12.7. The van der Waals surface area contributed by atoms with E-state index in [9.17, 15) is 23.2 Å². The largest absolute Gasteiger partial charge is 0.481 e. The van der Waals surface area contributed by atoms with Crippen molar-refractivity contribution in [2.75, 3.05) is 0 Å². The van der Waals surface area contributed by atoms with Crippen molar-refractivity contribution in [3.05, 3.63) is 65.4 Å². The molecule has 0 fully saturated rings. The van der Waals surface area contributed by atoms with Gasteiger partial charge in [0.15, 0.2) is 0 Å². The zero-order valence-electron chi connectivity index (χ0n) is 15.8. The summed E-state index contributed by atoms with van der Waals surface area (Å²) in [7, 11) is -4.25. The summed E-state index contributed by atoms with van der Waals surface area (Å²) in [4.78, 5) is 21.5. The number of aromatic nitrogens is 2. The molecule has 0 radical (unpaired) electrons. The molecular weight excluding hydrogens is 432 g/mol. The third-order valence-electron chi connectivity index (χ3n) is 3.94. The highest BCUT2D eigenvalue weighted by Gasteiger charge is 2.36. The number of hydrogen-bond acceptors (Lipinski definition) is 9. The quantitative estimate of drug-likeness (QED) is 0.378. The molecule has 3 rings (SSSR count). The first-order valence-electron chi connectivity index (χ1n) is 8.81. The van der Waals surface area contributed by atoms with Gasteiger partial charge in [-0.05, 0) is 34.7 Å². The fourth-order valence-electron chi connectivity index (χ4n) is 2.43. The predicted octanol–water partition coefficient (Wildman–Crippen LogP) is 1.84. The van der Waals surface area contributed by atoms with Crippen LogP contribution in [0, 0.1) is 5.21 Å². The number of carboxylic acids is 1. The van der Waals surface area contributed by atoms with Crippen LogP contribution in [0.4, 0.5) is 0 Å². The summed E-state index contributed by atoms with van der Waals surface area (Å²) in [6.07, 6.45) is -0.562. The minimum atomic E-state index is -4.25. The van der Waals surface area contributed by atoms with Crippen LogP contribution in [-0.2, 0) is 30.8 Å². The van der Waals surface area contributed by atoms with Gasteiger partial charge in [-0.15, -0.1) is 0 Å². The Kier molecular flexibility index (Phi) is 6.50. The fourth-order valence-corrected chi connectivity index (χ4v) is 3.70. The highest BCUT2D eigenvalue weighted by molar-refractivity contribution is 7.91. The number of rotatable bonds is 9. The maximum Gasteiger partial charge on any atom is 0.420 e. The number of sulfone groups is 1. The Hall–Kier alpha value is -3.93. The molecular formula is C19H16N2O9S. The van der Waals surface area contributed by atoms with Crippen LogP contribution in [0.2, 0.25) is 0 Å². The zero-order valence-corrected chi connectivity index (χ0v) is 16.6. The van der Waals surface area contributed by atoms with Gasteiger partial charge in [0.1, 0.15) is 12.4 Å². The van der Waals surface area contributed by atoms with Gasteiger partial charge in [0.25, 0.3) is 9.84 Å². The number of hydrogen-bond donors (Lipinski definition) is 1. The highest BCUT2D eigenvalue weighted by Crippen LogP contribution is 2.28. The molecule has 31 heavy (non-hydrogen) atoms. The van der Waals surface area contributed by atoms with Crippen LogP contribution in [0.3, 0.4) is 0 Å². The van der Waals surface area contributed by atoms with Crippen molar-refractivity contribution in [2.45, 2.75) is 29.4 Å². The second kappa shape index (κ2) is 9.26. The molecule has 2 aromatic carbocycles. The summed E-state index contributed by atoms with van der Waals surface area (Å²) >= 11 is 0. The fraction of sp³-hybridized carbons (Fsp3) is 0.158. The zero-order chi connectivity index (χ0) is 22.4. The first kappa shape index (κ1) is 21.8. The molecule has 0 saturated carbocycles. The van der Waals surface area contributed by atoms with E-state index in [1.54, 1.807) is 6.07 Å². The van der Waals surface area contributed by atoms with Crippen LogP contribution in [0.1, 0.15) is 18.4 Å². The molecule has 3 aromatic rings. The number of benzene rings is 2. The molecule has 0 atom stereocenters. The number of carbonyl (C=O) groups excluding carboxylic acids is 1. The van der Waals surface area contributed by atoms with Crippen LogP contribution in [0.25, 0.3) is 0 Å². The van der Waals surface area contributed by atoms with Crippen LogP contribution in [-0.4, -0.2) is 30.6 Å². The molecule has 0 bridgehead atoms. The van der Waals surface area contributed by atoms with Gasteiger partial charge in [-0.3, -0.25) is 14.2 Å². The standard InChI is InChI=1S/C19H16N2O9S/c22-16(23)10-11-17(24)28-12-13-6-8-14(9-7-13)29-18-19(21(25)30-20-18)31(26,27)15-4-2-1-3-5-15/h1-9H,10-12H2,(H,22,23). The number of carbonyl (C=O) groups is 2. The molecule has 1 aromatic heterocycles. The van der Waals surface area contributed by atoms with E-state index in [0.29, 0.717) is 5.56 Å². The van der Waals surface area contributed by atoms with E-state index in [1.165, 1.54) is 48.5 Å². The van der Waals surface area contributed by atoms with E-state index < -0.39 is 32.7 Å². The molecule has 0 aliphatic rings. The molecule has 1 N–H and O–H groups in total. The van der Waals surface area contributed by atoms with Crippen LogP contribution >= 0.6 is 0 Å². The summed E-state index contributed by atoms with van der Waals surface area (Å²) < 4.78 is 40.3. The topological polar surface area (TPSA) is 160 Å². The molecule has 0 unspecified atom stereocenters. The third kappa shape index (κ3) is 5.36. The minimum absolute atomic E-state index is 0.0864. The molecule has 12 heteroatoms. The smallest absolute Gasteiger partial charge is 0.420 e. The van der Waals surface area contributed by atoms with Crippen molar-refractivity contribution in [1.82, 2.24) is 5.16 Å². The lowest BCUT2D eigenvalue weighted by atomic mass is 10.2. The predicted molar refractivity (Wildman–Crippen MR) is 101 cm³/mol. The number of esters is 1.